The summed E-state index contributed by atoms with van der Waals surface area (Å²) in [6.07, 6.45) is 6.90. The Balaban J connectivity index is 1.99. The van der Waals surface area contributed by atoms with E-state index in [0.717, 1.165) is 25.2 Å². The Hall–Kier alpha value is -0.110. The van der Waals surface area contributed by atoms with Gasteiger partial charge in [0.05, 0.1) is 0 Å². The smallest absolute Gasteiger partial charge is 0.115 e. The molecular weight excluding hydrogens is 177 g/mol. The van der Waals surface area contributed by atoms with Gasteiger partial charge >= 0.3 is 0 Å². The third kappa shape index (κ3) is 1.95. The summed E-state index contributed by atoms with van der Waals surface area (Å²) in [5.74, 6) is 1.03. The Bertz CT molecular complexity index is 206. The van der Waals surface area contributed by atoms with Gasteiger partial charge in [0.1, 0.15) is 5.67 Å². The van der Waals surface area contributed by atoms with E-state index >= 15 is 0 Å². The number of halogens is 1. The van der Waals surface area contributed by atoms with E-state index in [-0.39, 0.29) is 6.04 Å². The predicted molar refractivity (Wildman–Crippen MR) is 56.8 cm³/mol. The van der Waals surface area contributed by atoms with Crippen LogP contribution in [-0.2, 0) is 0 Å². The predicted octanol–water partition coefficient (Wildman–Crippen LogP) is 3.03. The lowest BCUT2D eigenvalue weighted by Gasteiger charge is -2.36. The van der Waals surface area contributed by atoms with Gasteiger partial charge in [0.2, 0.25) is 0 Å². The quantitative estimate of drug-likeness (QED) is 0.690. The van der Waals surface area contributed by atoms with Crippen molar-refractivity contribution in [1.82, 2.24) is 0 Å². The Kier molecular flexibility index (Phi) is 2.83. The number of hydrogen-bond donors (Lipinski definition) is 1. The molecule has 82 valence electrons. The molecule has 1 nitrogen and oxygen atoms in total. The fourth-order valence-electron chi connectivity index (χ4n) is 3.34. The molecule has 0 saturated heterocycles. The maximum atomic E-state index is 14.5. The van der Waals surface area contributed by atoms with Crippen LogP contribution >= 0.6 is 0 Å². The van der Waals surface area contributed by atoms with E-state index in [1.54, 1.807) is 0 Å². The molecule has 0 bridgehead atoms. The third-order valence-corrected chi connectivity index (χ3v) is 4.20. The van der Waals surface area contributed by atoms with Crippen molar-refractivity contribution in [2.24, 2.45) is 17.6 Å². The van der Waals surface area contributed by atoms with Gasteiger partial charge in [-0.15, -0.1) is 0 Å². The molecule has 0 amide bonds. The van der Waals surface area contributed by atoms with Crippen molar-refractivity contribution in [3.63, 3.8) is 0 Å². The van der Waals surface area contributed by atoms with Gasteiger partial charge in [-0.2, -0.15) is 0 Å². The Labute approximate surface area is 86.2 Å². The van der Waals surface area contributed by atoms with E-state index in [1.807, 2.05) is 0 Å². The largest absolute Gasteiger partial charge is 0.328 e. The number of nitrogens with two attached hydrogens (primary N) is 1. The van der Waals surface area contributed by atoms with Gasteiger partial charge in [-0.05, 0) is 43.9 Å². The van der Waals surface area contributed by atoms with Crippen molar-refractivity contribution in [3.8, 4) is 0 Å². The molecule has 4 unspecified atom stereocenters. The van der Waals surface area contributed by atoms with Crippen molar-refractivity contribution in [2.75, 3.05) is 0 Å². The number of alkyl halides is 1. The summed E-state index contributed by atoms with van der Waals surface area (Å²) in [6, 6.07) is 0.122. The molecule has 14 heavy (non-hydrogen) atoms. The van der Waals surface area contributed by atoms with Crippen LogP contribution in [0.1, 0.15) is 51.9 Å². The molecule has 0 heterocycles. The zero-order chi connectivity index (χ0) is 10.2. The first kappa shape index (κ1) is 10.4. The van der Waals surface area contributed by atoms with Gasteiger partial charge in [0, 0.05) is 6.04 Å². The van der Waals surface area contributed by atoms with Crippen LogP contribution in [0.4, 0.5) is 4.39 Å². The highest BCUT2D eigenvalue weighted by Crippen LogP contribution is 2.46. The first-order valence-corrected chi connectivity index (χ1v) is 6.04. The highest BCUT2D eigenvalue weighted by Gasteiger charge is 2.45. The van der Waals surface area contributed by atoms with E-state index in [0.29, 0.717) is 18.8 Å². The minimum atomic E-state index is -0.909. The second-order valence-electron chi connectivity index (χ2n) is 5.51. The third-order valence-electron chi connectivity index (χ3n) is 4.20. The van der Waals surface area contributed by atoms with Crippen LogP contribution in [0, 0.1) is 11.8 Å². The lowest BCUT2D eigenvalue weighted by Crippen LogP contribution is -2.35. The Morgan fingerprint density at radius 1 is 1.29 bits per heavy atom. The van der Waals surface area contributed by atoms with Crippen LogP contribution in [-0.4, -0.2) is 11.7 Å². The highest BCUT2D eigenvalue weighted by molar-refractivity contribution is 4.97. The van der Waals surface area contributed by atoms with Crippen molar-refractivity contribution >= 4 is 0 Å². The molecule has 0 spiro atoms. The Morgan fingerprint density at radius 3 is 2.64 bits per heavy atom. The number of hydrogen-bond acceptors (Lipinski definition) is 1. The lowest BCUT2D eigenvalue weighted by molar-refractivity contribution is 0.0482. The highest BCUT2D eigenvalue weighted by atomic mass is 19.1. The first-order valence-electron chi connectivity index (χ1n) is 6.04. The molecule has 2 saturated carbocycles. The van der Waals surface area contributed by atoms with Crippen LogP contribution in [0.15, 0.2) is 0 Å². The van der Waals surface area contributed by atoms with E-state index in [9.17, 15) is 4.39 Å². The first-order chi connectivity index (χ1) is 6.60. The van der Waals surface area contributed by atoms with Crippen LogP contribution in [0.25, 0.3) is 0 Å². The van der Waals surface area contributed by atoms with E-state index in [1.165, 1.54) is 12.8 Å². The summed E-state index contributed by atoms with van der Waals surface area (Å²) in [5.41, 5.74) is 4.90. The molecule has 2 aliphatic carbocycles. The lowest BCUT2D eigenvalue weighted by atomic mass is 9.73. The zero-order valence-corrected chi connectivity index (χ0v) is 9.14. The summed E-state index contributed by atoms with van der Waals surface area (Å²) in [6.45, 7) is 2.25. The van der Waals surface area contributed by atoms with Gasteiger partial charge in [0.15, 0.2) is 0 Å². The van der Waals surface area contributed by atoms with Crippen LogP contribution in [0.3, 0.4) is 0 Å². The van der Waals surface area contributed by atoms with Gasteiger partial charge in [0.25, 0.3) is 0 Å². The topological polar surface area (TPSA) is 26.0 Å². The molecule has 2 aliphatic rings. The van der Waals surface area contributed by atoms with Crippen molar-refractivity contribution in [3.05, 3.63) is 0 Å². The van der Waals surface area contributed by atoms with Crippen LogP contribution in [0.2, 0.25) is 0 Å². The van der Waals surface area contributed by atoms with Gasteiger partial charge in [-0.1, -0.05) is 19.8 Å². The van der Waals surface area contributed by atoms with Gasteiger partial charge in [-0.3, -0.25) is 0 Å². The van der Waals surface area contributed by atoms with Crippen LogP contribution < -0.4 is 5.73 Å². The van der Waals surface area contributed by atoms with Crippen molar-refractivity contribution < 1.29 is 4.39 Å². The molecule has 2 rings (SSSR count). The maximum absolute atomic E-state index is 14.5. The summed E-state index contributed by atoms with van der Waals surface area (Å²) >= 11 is 0. The average Bonchev–Trinajstić information content (AvgIpc) is 2.48. The molecular formula is C12H22FN. The standard InChI is InChI=1S/C12H22FN/c1-9-3-2-4-10(7-9)12(13)6-5-11(14)8-12/h9-11H,2-8,14H2,1H3. The molecule has 0 aromatic carbocycles. The summed E-state index contributed by atoms with van der Waals surface area (Å²) < 4.78 is 14.5. The zero-order valence-electron chi connectivity index (χ0n) is 9.14. The fraction of sp³-hybridized carbons (Fsp3) is 1.00. The summed E-state index contributed by atoms with van der Waals surface area (Å²) in [5, 5.41) is 0. The fourth-order valence-corrected chi connectivity index (χ4v) is 3.34. The van der Waals surface area contributed by atoms with Crippen molar-refractivity contribution in [2.45, 2.75) is 63.6 Å². The number of rotatable bonds is 1. The molecule has 2 heteroatoms. The van der Waals surface area contributed by atoms with E-state index in [4.69, 9.17) is 5.73 Å². The maximum Gasteiger partial charge on any atom is 0.115 e. The van der Waals surface area contributed by atoms with E-state index < -0.39 is 5.67 Å². The van der Waals surface area contributed by atoms with Crippen molar-refractivity contribution in [1.29, 1.82) is 0 Å². The second kappa shape index (κ2) is 3.80. The molecule has 0 aromatic rings. The SMILES string of the molecule is CC1CCCC(C2(F)CCC(N)C2)C1. The normalized spacial score (nSPS) is 49.5. The molecule has 0 aromatic heterocycles. The van der Waals surface area contributed by atoms with Gasteiger partial charge < -0.3 is 5.73 Å². The summed E-state index contributed by atoms with van der Waals surface area (Å²) in [4.78, 5) is 0. The molecule has 0 radical (unpaired) electrons. The minimum absolute atomic E-state index is 0.122. The molecule has 0 aliphatic heterocycles. The molecule has 2 fully saturated rings. The monoisotopic (exact) mass is 199 g/mol. The molecule has 2 N–H and O–H groups in total. The molecule has 4 atom stereocenters. The van der Waals surface area contributed by atoms with Gasteiger partial charge in [-0.25, -0.2) is 4.39 Å². The van der Waals surface area contributed by atoms with E-state index in [2.05, 4.69) is 6.92 Å². The minimum Gasteiger partial charge on any atom is -0.328 e. The Morgan fingerprint density at radius 2 is 2.07 bits per heavy atom. The van der Waals surface area contributed by atoms with Crippen LogP contribution in [0.5, 0.6) is 0 Å². The second-order valence-corrected chi connectivity index (χ2v) is 5.51. The average molecular weight is 199 g/mol. The summed E-state index contributed by atoms with van der Waals surface area (Å²) in [7, 11) is 0.